The maximum Gasteiger partial charge on any atom is 0.233 e. The third-order valence-electron chi connectivity index (χ3n) is 3.66. The van der Waals surface area contributed by atoms with Crippen molar-refractivity contribution >= 4 is 5.91 Å². The predicted molar refractivity (Wildman–Crippen MR) is 79.6 cm³/mol. The molecule has 1 unspecified atom stereocenters. The molecule has 4 nitrogen and oxygen atoms in total. The van der Waals surface area contributed by atoms with Crippen molar-refractivity contribution in [2.45, 2.75) is 39.2 Å². The highest BCUT2D eigenvalue weighted by atomic mass is 16.3. The van der Waals surface area contributed by atoms with E-state index in [-0.39, 0.29) is 11.9 Å². The standard InChI is InChI=1S/C16H24N2O2/c1-11(2)9-18-16(20)10-17-15-5-3-4-12-6-7-13(19)8-14(12)15/h6-8,11,15,17,19H,3-5,9-10H2,1-2H3,(H,18,20). The quantitative estimate of drug-likeness (QED) is 0.772. The smallest absolute Gasteiger partial charge is 0.233 e. The molecule has 3 N–H and O–H groups in total. The van der Waals surface area contributed by atoms with E-state index < -0.39 is 0 Å². The molecule has 0 aromatic heterocycles. The summed E-state index contributed by atoms with van der Waals surface area (Å²) in [5.74, 6) is 0.791. The van der Waals surface area contributed by atoms with Crippen molar-refractivity contribution in [2.75, 3.05) is 13.1 Å². The Hall–Kier alpha value is -1.55. The molecule has 0 saturated carbocycles. The lowest BCUT2D eigenvalue weighted by Gasteiger charge is -2.26. The van der Waals surface area contributed by atoms with Crippen molar-refractivity contribution in [2.24, 2.45) is 5.92 Å². The van der Waals surface area contributed by atoms with Crippen molar-refractivity contribution in [3.8, 4) is 5.75 Å². The number of amides is 1. The van der Waals surface area contributed by atoms with E-state index in [2.05, 4.69) is 24.5 Å². The Kier molecular flexibility index (Phi) is 5.01. The van der Waals surface area contributed by atoms with Gasteiger partial charge in [0, 0.05) is 12.6 Å². The van der Waals surface area contributed by atoms with Gasteiger partial charge in [0.05, 0.1) is 6.54 Å². The van der Waals surface area contributed by atoms with E-state index in [4.69, 9.17) is 0 Å². The SMILES string of the molecule is CC(C)CNC(=O)CNC1CCCc2ccc(O)cc21. The van der Waals surface area contributed by atoms with E-state index in [0.717, 1.165) is 24.8 Å². The van der Waals surface area contributed by atoms with Gasteiger partial charge in [-0.25, -0.2) is 0 Å². The number of aromatic hydroxyl groups is 1. The summed E-state index contributed by atoms with van der Waals surface area (Å²) in [6.45, 7) is 5.19. The van der Waals surface area contributed by atoms with Crippen molar-refractivity contribution < 1.29 is 9.90 Å². The number of phenols is 1. The van der Waals surface area contributed by atoms with Gasteiger partial charge in [0.25, 0.3) is 0 Å². The Morgan fingerprint density at radius 3 is 3.00 bits per heavy atom. The minimum atomic E-state index is 0.0333. The lowest BCUT2D eigenvalue weighted by molar-refractivity contribution is -0.120. The van der Waals surface area contributed by atoms with Crippen LogP contribution in [-0.4, -0.2) is 24.1 Å². The second kappa shape index (κ2) is 6.75. The minimum Gasteiger partial charge on any atom is -0.508 e. The first-order valence-electron chi connectivity index (χ1n) is 7.38. The Morgan fingerprint density at radius 2 is 2.25 bits per heavy atom. The number of phenolic OH excluding ortho intramolecular Hbond substituents is 1. The fraction of sp³-hybridized carbons (Fsp3) is 0.562. The van der Waals surface area contributed by atoms with Gasteiger partial charge in [-0.05, 0) is 48.4 Å². The molecule has 0 aliphatic heterocycles. The molecular weight excluding hydrogens is 252 g/mol. The molecule has 110 valence electrons. The number of hydrogen-bond acceptors (Lipinski definition) is 3. The molecule has 20 heavy (non-hydrogen) atoms. The number of carbonyl (C=O) groups is 1. The molecule has 0 spiro atoms. The first kappa shape index (κ1) is 14.9. The lowest BCUT2D eigenvalue weighted by atomic mass is 9.87. The van der Waals surface area contributed by atoms with E-state index in [0.29, 0.717) is 24.8 Å². The molecular formula is C16H24N2O2. The van der Waals surface area contributed by atoms with Gasteiger partial charge in [-0.15, -0.1) is 0 Å². The molecule has 0 fully saturated rings. The zero-order valence-electron chi connectivity index (χ0n) is 12.3. The van der Waals surface area contributed by atoms with E-state index in [1.54, 1.807) is 6.07 Å². The maximum absolute atomic E-state index is 11.7. The summed E-state index contributed by atoms with van der Waals surface area (Å²) >= 11 is 0. The van der Waals surface area contributed by atoms with Gasteiger partial charge in [0.15, 0.2) is 0 Å². The van der Waals surface area contributed by atoms with Crippen molar-refractivity contribution in [1.29, 1.82) is 0 Å². The summed E-state index contributed by atoms with van der Waals surface area (Å²) in [5, 5.41) is 15.8. The van der Waals surface area contributed by atoms with Crippen LogP contribution in [-0.2, 0) is 11.2 Å². The van der Waals surface area contributed by atoms with Gasteiger partial charge in [-0.3, -0.25) is 4.79 Å². The van der Waals surface area contributed by atoms with Gasteiger partial charge >= 0.3 is 0 Å². The molecule has 0 saturated heterocycles. The fourth-order valence-electron chi connectivity index (χ4n) is 2.59. The molecule has 0 radical (unpaired) electrons. The van der Waals surface area contributed by atoms with Crippen LogP contribution >= 0.6 is 0 Å². The number of nitrogens with one attached hydrogen (secondary N) is 2. The number of rotatable bonds is 5. The summed E-state index contributed by atoms with van der Waals surface area (Å²) in [6.07, 6.45) is 3.17. The van der Waals surface area contributed by atoms with Crippen LogP contribution in [0.5, 0.6) is 5.75 Å². The Bertz CT molecular complexity index is 472. The number of carbonyl (C=O) groups excluding carboxylic acids is 1. The van der Waals surface area contributed by atoms with Gasteiger partial charge in [-0.2, -0.15) is 0 Å². The fourth-order valence-corrected chi connectivity index (χ4v) is 2.59. The van der Waals surface area contributed by atoms with E-state index in [1.807, 2.05) is 12.1 Å². The van der Waals surface area contributed by atoms with Crippen LogP contribution in [0, 0.1) is 5.92 Å². The molecule has 0 heterocycles. The third-order valence-corrected chi connectivity index (χ3v) is 3.66. The summed E-state index contributed by atoms with van der Waals surface area (Å²) in [4.78, 5) is 11.7. The van der Waals surface area contributed by atoms with E-state index in [1.165, 1.54) is 5.56 Å². The molecule has 2 rings (SSSR count). The van der Waals surface area contributed by atoms with Crippen LogP contribution in [0.15, 0.2) is 18.2 Å². The van der Waals surface area contributed by atoms with Gasteiger partial charge < -0.3 is 15.7 Å². The Balaban J connectivity index is 1.91. The van der Waals surface area contributed by atoms with Crippen molar-refractivity contribution in [3.05, 3.63) is 29.3 Å². The molecule has 0 bridgehead atoms. The normalized spacial score (nSPS) is 17.9. The highest BCUT2D eigenvalue weighted by Gasteiger charge is 2.20. The predicted octanol–water partition coefficient (Wildman–Crippen LogP) is 2.13. The largest absolute Gasteiger partial charge is 0.508 e. The van der Waals surface area contributed by atoms with Crippen molar-refractivity contribution in [3.63, 3.8) is 0 Å². The van der Waals surface area contributed by atoms with E-state index >= 15 is 0 Å². The highest BCUT2D eigenvalue weighted by Crippen LogP contribution is 2.31. The molecule has 1 aliphatic carbocycles. The highest BCUT2D eigenvalue weighted by molar-refractivity contribution is 5.78. The van der Waals surface area contributed by atoms with Gasteiger partial charge in [0.2, 0.25) is 5.91 Å². The van der Waals surface area contributed by atoms with Crippen LogP contribution in [0.4, 0.5) is 0 Å². The Labute approximate surface area is 120 Å². The number of hydrogen-bond donors (Lipinski definition) is 3. The molecule has 1 aliphatic rings. The van der Waals surface area contributed by atoms with Crippen LogP contribution < -0.4 is 10.6 Å². The maximum atomic E-state index is 11.7. The summed E-state index contributed by atoms with van der Waals surface area (Å²) in [7, 11) is 0. The first-order chi connectivity index (χ1) is 9.56. The summed E-state index contributed by atoms with van der Waals surface area (Å²) in [6, 6.07) is 5.70. The monoisotopic (exact) mass is 276 g/mol. The van der Waals surface area contributed by atoms with Crippen LogP contribution in [0.3, 0.4) is 0 Å². The average molecular weight is 276 g/mol. The van der Waals surface area contributed by atoms with Crippen LogP contribution in [0.1, 0.15) is 43.9 Å². The Morgan fingerprint density at radius 1 is 1.45 bits per heavy atom. The zero-order valence-corrected chi connectivity index (χ0v) is 12.3. The summed E-state index contributed by atoms with van der Waals surface area (Å²) < 4.78 is 0. The second-order valence-corrected chi connectivity index (χ2v) is 5.91. The minimum absolute atomic E-state index is 0.0333. The van der Waals surface area contributed by atoms with Gasteiger partial charge in [-0.1, -0.05) is 19.9 Å². The number of aryl methyl sites for hydroxylation is 1. The van der Waals surface area contributed by atoms with Crippen molar-refractivity contribution in [1.82, 2.24) is 10.6 Å². The summed E-state index contributed by atoms with van der Waals surface area (Å²) in [5.41, 5.74) is 2.40. The topological polar surface area (TPSA) is 61.4 Å². The molecule has 1 amide bonds. The second-order valence-electron chi connectivity index (χ2n) is 5.91. The molecule has 1 aromatic carbocycles. The number of fused-ring (bicyclic) bond motifs is 1. The van der Waals surface area contributed by atoms with Gasteiger partial charge in [0.1, 0.15) is 5.75 Å². The lowest BCUT2D eigenvalue weighted by Crippen LogP contribution is -2.38. The van der Waals surface area contributed by atoms with Crippen LogP contribution in [0.25, 0.3) is 0 Å². The first-order valence-corrected chi connectivity index (χ1v) is 7.38. The molecule has 4 heteroatoms. The van der Waals surface area contributed by atoms with E-state index in [9.17, 15) is 9.90 Å². The molecule has 1 atom stereocenters. The zero-order chi connectivity index (χ0) is 14.5. The molecule has 1 aromatic rings. The van der Waals surface area contributed by atoms with Crippen LogP contribution in [0.2, 0.25) is 0 Å². The number of benzene rings is 1. The third kappa shape index (κ3) is 3.97. The average Bonchev–Trinajstić information content (AvgIpc) is 2.42.